The monoisotopic (exact) mass is 277 g/mol. The Balaban J connectivity index is 2.41. The van der Waals surface area contributed by atoms with Crippen LogP contribution in [0, 0.1) is 0 Å². The highest BCUT2D eigenvalue weighted by molar-refractivity contribution is 7.56. The van der Waals surface area contributed by atoms with Crippen LogP contribution in [0.25, 0.3) is 0 Å². The maximum Gasteiger partial charge on any atom is 0.318 e. The van der Waals surface area contributed by atoms with Gasteiger partial charge in [-0.3, -0.25) is 9.36 Å². The fourth-order valence-electron chi connectivity index (χ4n) is 2.15. The summed E-state index contributed by atoms with van der Waals surface area (Å²) < 4.78 is 19.5. The van der Waals surface area contributed by atoms with Crippen LogP contribution >= 0.6 is 7.52 Å². The van der Waals surface area contributed by atoms with Gasteiger partial charge in [-0.15, -0.1) is 0 Å². The molecule has 5 nitrogen and oxygen atoms in total. The number of hydrogen-bond acceptors (Lipinski definition) is 3. The molecule has 0 aliphatic carbocycles. The van der Waals surface area contributed by atoms with Crippen LogP contribution in [0.15, 0.2) is 0 Å². The second kappa shape index (κ2) is 7.93. The first kappa shape index (κ1) is 15.7. The first-order valence-electron chi connectivity index (χ1n) is 6.79. The van der Waals surface area contributed by atoms with E-state index < -0.39 is 13.5 Å². The van der Waals surface area contributed by atoms with Crippen LogP contribution in [0.3, 0.4) is 0 Å². The lowest BCUT2D eigenvalue weighted by Gasteiger charge is -2.33. The second-order valence-electron chi connectivity index (χ2n) is 4.74. The highest BCUT2D eigenvalue weighted by Gasteiger charge is 2.35. The van der Waals surface area contributed by atoms with E-state index in [0.717, 1.165) is 25.7 Å². The summed E-state index contributed by atoms with van der Waals surface area (Å²) in [6.07, 6.45) is 6.67. The molecule has 6 heteroatoms. The van der Waals surface area contributed by atoms with Gasteiger partial charge in [0, 0.05) is 12.7 Å². The lowest BCUT2D eigenvalue weighted by molar-refractivity contribution is -0.137. The van der Waals surface area contributed by atoms with E-state index in [0.29, 0.717) is 19.3 Å². The minimum Gasteiger partial charge on any atom is -0.480 e. The van der Waals surface area contributed by atoms with Crippen molar-refractivity contribution in [2.75, 3.05) is 25.9 Å². The van der Waals surface area contributed by atoms with Crippen molar-refractivity contribution in [1.82, 2.24) is 4.67 Å². The zero-order valence-corrected chi connectivity index (χ0v) is 12.0. The number of carboxylic acids is 1. The Morgan fingerprint density at radius 1 is 1.33 bits per heavy atom. The third-order valence-corrected chi connectivity index (χ3v) is 5.82. The maximum absolute atomic E-state index is 12.6. The van der Waals surface area contributed by atoms with Gasteiger partial charge in [-0.1, -0.05) is 32.6 Å². The van der Waals surface area contributed by atoms with Crippen molar-refractivity contribution in [3.8, 4) is 0 Å². The van der Waals surface area contributed by atoms with E-state index in [9.17, 15) is 9.36 Å². The van der Waals surface area contributed by atoms with Crippen molar-refractivity contribution in [3.05, 3.63) is 0 Å². The average molecular weight is 277 g/mol. The van der Waals surface area contributed by atoms with Crippen LogP contribution in [0.5, 0.6) is 0 Å². The van der Waals surface area contributed by atoms with E-state index in [1.807, 2.05) is 0 Å². The molecule has 1 N–H and O–H groups in total. The predicted molar refractivity (Wildman–Crippen MR) is 71.0 cm³/mol. The fourth-order valence-corrected chi connectivity index (χ4v) is 4.55. The standard InChI is InChI=1S/C12H24NO4P/c1-2-3-4-5-6-10-18(16)13(11-12(14)15)8-7-9-17-18/h2-11H2,1H3,(H,14,15). The van der Waals surface area contributed by atoms with Crippen LogP contribution < -0.4 is 0 Å². The minimum absolute atomic E-state index is 0.174. The molecular weight excluding hydrogens is 253 g/mol. The zero-order valence-electron chi connectivity index (χ0n) is 11.1. The molecule has 1 fully saturated rings. The molecule has 1 aliphatic rings. The van der Waals surface area contributed by atoms with Gasteiger partial charge < -0.3 is 9.63 Å². The number of unbranched alkanes of at least 4 members (excludes halogenated alkanes) is 4. The summed E-state index contributed by atoms with van der Waals surface area (Å²) in [4.78, 5) is 10.8. The molecule has 1 unspecified atom stereocenters. The van der Waals surface area contributed by atoms with Crippen molar-refractivity contribution in [2.24, 2.45) is 0 Å². The molecule has 18 heavy (non-hydrogen) atoms. The van der Waals surface area contributed by atoms with Crippen molar-refractivity contribution in [3.63, 3.8) is 0 Å². The second-order valence-corrected chi connectivity index (χ2v) is 7.29. The summed E-state index contributed by atoms with van der Waals surface area (Å²) in [6.45, 7) is 3.04. The van der Waals surface area contributed by atoms with E-state index in [1.165, 1.54) is 17.5 Å². The van der Waals surface area contributed by atoms with E-state index in [1.54, 1.807) is 0 Å². The summed E-state index contributed by atoms with van der Waals surface area (Å²) in [6, 6.07) is 0. The summed E-state index contributed by atoms with van der Waals surface area (Å²) in [5.41, 5.74) is 0. The summed E-state index contributed by atoms with van der Waals surface area (Å²) in [5.74, 6) is -0.938. The smallest absolute Gasteiger partial charge is 0.318 e. The van der Waals surface area contributed by atoms with Gasteiger partial charge in [-0.05, 0) is 12.8 Å². The molecule has 0 aromatic heterocycles. The molecular formula is C12H24NO4P. The molecule has 1 rings (SSSR count). The fraction of sp³-hybridized carbons (Fsp3) is 0.917. The highest BCUT2D eigenvalue weighted by atomic mass is 31.2. The van der Waals surface area contributed by atoms with Crippen LogP contribution in [-0.2, 0) is 13.9 Å². The van der Waals surface area contributed by atoms with Gasteiger partial charge in [-0.25, -0.2) is 4.67 Å². The molecule has 1 atom stereocenters. The molecule has 106 valence electrons. The van der Waals surface area contributed by atoms with Crippen LogP contribution in [0.2, 0.25) is 0 Å². The molecule has 0 spiro atoms. The van der Waals surface area contributed by atoms with Crippen LogP contribution in [0.4, 0.5) is 0 Å². The van der Waals surface area contributed by atoms with Crippen LogP contribution in [-0.4, -0.2) is 41.6 Å². The summed E-state index contributed by atoms with van der Waals surface area (Å²) >= 11 is 0. The van der Waals surface area contributed by atoms with Crippen molar-refractivity contribution in [2.45, 2.75) is 45.4 Å². The summed E-state index contributed by atoms with van der Waals surface area (Å²) in [7, 11) is -2.87. The Hall–Kier alpha value is -0.380. The van der Waals surface area contributed by atoms with Gasteiger partial charge in [-0.2, -0.15) is 0 Å². The molecule has 1 heterocycles. The third kappa shape index (κ3) is 5.09. The SMILES string of the molecule is CCCCCCCP1(=O)OCCCN1CC(=O)O. The number of aliphatic carboxylic acids is 1. The maximum atomic E-state index is 12.6. The largest absolute Gasteiger partial charge is 0.480 e. The topological polar surface area (TPSA) is 66.8 Å². The first-order chi connectivity index (χ1) is 8.58. The molecule has 0 bridgehead atoms. The Labute approximate surface area is 109 Å². The first-order valence-corrected chi connectivity index (χ1v) is 8.55. The Kier molecular flexibility index (Phi) is 6.90. The van der Waals surface area contributed by atoms with Crippen molar-refractivity contribution >= 4 is 13.5 Å². The average Bonchev–Trinajstić information content (AvgIpc) is 2.32. The molecule has 1 saturated heterocycles. The molecule has 0 amide bonds. The Morgan fingerprint density at radius 3 is 2.72 bits per heavy atom. The van der Waals surface area contributed by atoms with E-state index in [2.05, 4.69) is 6.92 Å². The molecule has 0 aromatic rings. The predicted octanol–water partition coefficient (Wildman–Crippen LogP) is 2.96. The van der Waals surface area contributed by atoms with Crippen LogP contribution in [0.1, 0.15) is 45.4 Å². The van der Waals surface area contributed by atoms with Gasteiger partial charge in [0.05, 0.1) is 6.61 Å². The Morgan fingerprint density at radius 2 is 2.06 bits per heavy atom. The quantitative estimate of drug-likeness (QED) is 0.545. The number of nitrogens with zero attached hydrogens (tertiary/aromatic N) is 1. The lowest BCUT2D eigenvalue weighted by Crippen LogP contribution is -2.33. The summed E-state index contributed by atoms with van der Waals surface area (Å²) in [5, 5.41) is 8.82. The third-order valence-electron chi connectivity index (χ3n) is 3.15. The molecule has 1 aliphatic heterocycles. The minimum atomic E-state index is -2.87. The number of carboxylic acid groups (broad SMARTS) is 1. The van der Waals surface area contributed by atoms with Crippen molar-refractivity contribution < 1.29 is 19.0 Å². The van der Waals surface area contributed by atoms with E-state index in [-0.39, 0.29) is 6.54 Å². The number of carbonyl (C=O) groups is 1. The number of rotatable bonds is 8. The molecule has 0 saturated carbocycles. The van der Waals surface area contributed by atoms with Crippen molar-refractivity contribution in [1.29, 1.82) is 0 Å². The van der Waals surface area contributed by atoms with E-state index >= 15 is 0 Å². The lowest BCUT2D eigenvalue weighted by atomic mass is 10.2. The molecule has 0 radical (unpaired) electrons. The normalized spacial score (nSPS) is 25.2. The molecule has 0 aromatic carbocycles. The van der Waals surface area contributed by atoms with Gasteiger partial charge in [0.2, 0.25) is 0 Å². The van der Waals surface area contributed by atoms with E-state index in [4.69, 9.17) is 9.63 Å². The zero-order chi connectivity index (χ0) is 13.4. The highest BCUT2D eigenvalue weighted by Crippen LogP contribution is 2.53. The Bertz CT molecular complexity index is 308. The van der Waals surface area contributed by atoms with Gasteiger partial charge >= 0.3 is 5.97 Å². The number of hydrogen-bond donors (Lipinski definition) is 1. The van der Waals surface area contributed by atoms with Gasteiger partial charge in [0.1, 0.15) is 6.54 Å². The van der Waals surface area contributed by atoms with Gasteiger partial charge in [0.15, 0.2) is 0 Å². The van der Waals surface area contributed by atoms with Gasteiger partial charge in [0.25, 0.3) is 7.52 Å².